The second kappa shape index (κ2) is 10.5. The first-order valence-electron chi connectivity index (χ1n) is 12.9. The number of aromatic nitrogens is 3. The Balaban J connectivity index is 1.10. The molecule has 5 heterocycles. The Morgan fingerprint density at radius 2 is 2.03 bits per heavy atom. The fourth-order valence-corrected chi connectivity index (χ4v) is 6.04. The van der Waals surface area contributed by atoms with E-state index >= 15 is 0 Å². The Hall–Kier alpha value is -4.26. The van der Waals surface area contributed by atoms with E-state index in [9.17, 15) is 9.59 Å². The van der Waals surface area contributed by atoms with Gasteiger partial charge in [0.15, 0.2) is 0 Å². The molecule has 0 radical (unpaired) electrons. The highest BCUT2D eigenvalue weighted by Gasteiger charge is 2.44. The van der Waals surface area contributed by atoms with Crippen LogP contribution < -0.4 is 5.32 Å². The minimum absolute atomic E-state index is 0.0675. The number of H-pyrrole nitrogens is 1. The second-order valence-corrected chi connectivity index (χ2v) is 10.8. The lowest BCUT2D eigenvalue weighted by atomic mass is 9.87. The molecule has 0 bridgehead atoms. The predicted molar refractivity (Wildman–Crippen MR) is 154 cm³/mol. The smallest absolute Gasteiger partial charge is 0.244 e. The maximum Gasteiger partial charge on any atom is 0.244 e. The van der Waals surface area contributed by atoms with Gasteiger partial charge in [0.2, 0.25) is 11.8 Å². The molecule has 4 aromatic rings. The molecular weight excluding hydrogens is 508 g/mol. The molecule has 1 unspecified atom stereocenters. The molecule has 39 heavy (non-hydrogen) atoms. The number of fused-ring (bicyclic) bond motifs is 1. The number of amides is 2. The van der Waals surface area contributed by atoms with E-state index in [1.54, 1.807) is 23.7 Å². The SMILES string of the molecule is C#CC1(C(=O)Nc2ccc3[nH]nc(-c4ccncc4)c3c2)CCN(CC(=O)N2CC=C(c3ccsc3)CC2)C1. The molecule has 6 rings (SSSR count). The van der Waals surface area contributed by atoms with Crippen molar-refractivity contribution in [1.29, 1.82) is 0 Å². The normalized spacial score (nSPS) is 19.6. The molecule has 2 aliphatic heterocycles. The van der Waals surface area contributed by atoms with E-state index in [0.717, 1.165) is 28.6 Å². The van der Waals surface area contributed by atoms with Crippen LogP contribution in [0.1, 0.15) is 18.4 Å². The molecular formula is C30H28N6O2S. The van der Waals surface area contributed by atoms with Crippen LogP contribution in [0.5, 0.6) is 0 Å². The van der Waals surface area contributed by atoms with Crippen LogP contribution in [0, 0.1) is 17.8 Å². The standard InChI is InChI=1S/C30H28N6O2S/c1-2-30(10-15-35(20-30)18-27(37)36-13-7-21(8-14-36)23-9-16-39-19-23)29(38)32-24-3-4-26-25(17-24)28(34-33-26)22-5-11-31-12-6-22/h1,3-7,9,11-12,16-17,19H,8,10,13-15,18,20H2,(H,32,38)(H,33,34). The Morgan fingerprint density at radius 1 is 1.15 bits per heavy atom. The molecule has 9 heteroatoms. The Bertz CT molecular complexity index is 1590. The fraction of sp³-hybridized carbons (Fsp3) is 0.267. The summed E-state index contributed by atoms with van der Waals surface area (Å²) in [4.78, 5) is 34.5. The Kier molecular flexibility index (Phi) is 6.73. The summed E-state index contributed by atoms with van der Waals surface area (Å²) in [6.07, 6.45) is 12.9. The summed E-state index contributed by atoms with van der Waals surface area (Å²) in [5.74, 6) is 2.60. The number of rotatable bonds is 6. The second-order valence-electron chi connectivity index (χ2n) is 10.0. The third kappa shape index (κ3) is 4.97. The summed E-state index contributed by atoms with van der Waals surface area (Å²) in [6.45, 7) is 2.51. The van der Waals surface area contributed by atoms with Crippen LogP contribution in [-0.4, -0.2) is 69.5 Å². The summed E-state index contributed by atoms with van der Waals surface area (Å²) < 4.78 is 0. The molecule has 1 atom stereocenters. The lowest BCUT2D eigenvalue weighted by Gasteiger charge is -2.29. The van der Waals surface area contributed by atoms with Gasteiger partial charge in [0, 0.05) is 55.2 Å². The quantitative estimate of drug-likeness (QED) is 0.359. The molecule has 2 N–H and O–H groups in total. The molecule has 2 aliphatic rings. The van der Waals surface area contributed by atoms with Crippen LogP contribution in [0.15, 0.2) is 65.6 Å². The highest BCUT2D eigenvalue weighted by Crippen LogP contribution is 2.33. The van der Waals surface area contributed by atoms with E-state index in [-0.39, 0.29) is 18.4 Å². The molecule has 0 saturated carbocycles. The number of carbonyl (C=O) groups is 2. The van der Waals surface area contributed by atoms with Gasteiger partial charge in [-0.15, -0.1) is 6.42 Å². The molecule has 1 saturated heterocycles. The Labute approximate surface area is 230 Å². The third-order valence-corrected chi connectivity index (χ3v) is 8.33. The van der Waals surface area contributed by atoms with E-state index in [0.29, 0.717) is 38.3 Å². The number of hydrogen-bond donors (Lipinski definition) is 2. The van der Waals surface area contributed by atoms with Crippen molar-refractivity contribution in [2.45, 2.75) is 12.8 Å². The number of benzene rings is 1. The van der Waals surface area contributed by atoms with Crippen molar-refractivity contribution in [3.63, 3.8) is 0 Å². The van der Waals surface area contributed by atoms with E-state index < -0.39 is 5.41 Å². The molecule has 0 aliphatic carbocycles. The third-order valence-electron chi connectivity index (χ3n) is 7.65. The summed E-state index contributed by atoms with van der Waals surface area (Å²) in [5, 5.41) is 15.6. The summed E-state index contributed by atoms with van der Waals surface area (Å²) in [6, 6.07) is 11.5. The van der Waals surface area contributed by atoms with E-state index in [4.69, 9.17) is 6.42 Å². The first kappa shape index (κ1) is 25.0. The lowest BCUT2D eigenvalue weighted by Crippen LogP contribution is -2.43. The van der Waals surface area contributed by atoms with Crippen molar-refractivity contribution < 1.29 is 9.59 Å². The zero-order valence-corrected chi connectivity index (χ0v) is 22.2. The average Bonchev–Trinajstić information content (AvgIpc) is 3.74. The number of hydrogen-bond acceptors (Lipinski definition) is 6. The topological polar surface area (TPSA) is 94.2 Å². The van der Waals surface area contributed by atoms with Crippen molar-refractivity contribution in [3.05, 3.63) is 71.2 Å². The monoisotopic (exact) mass is 536 g/mol. The van der Waals surface area contributed by atoms with Crippen LogP contribution in [0.3, 0.4) is 0 Å². The van der Waals surface area contributed by atoms with Gasteiger partial charge in [-0.05, 0) is 71.1 Å². The van der Waals surface area contributed by atoms with Gasteiger partial charge in [-0.25, -0.2) is 0 Å². The molecule has 1 aromatic carbocycles. The number of pyridine rings is 1. The minimum Gasteiger partial charge on any atom is -0.338 e. The van der Waals surface area contributed by atoms with Crippen molar-refractivity contribution in [2.24, 2.45) is 5.41 Å². The van der Waals surface area contributed by atoms with E-state index in [2.05, 4.69) is 49.3 Å². The zero-order valence-electron chi connectivity index (χ0n) is 21.4. The number of terminal acetylenes is 1. The van der Waals surface area contributed by atoms with Gasteiger partial charge in [0.1, 0.15) is 11.1 Å². The molecule has 2 amide bonds. The maximum atomic E-state index is 13.5. The van der Waals surface area contributed by atoms with Crippen molar-refractivity contribution in [3.8, 4) is 23.6 Å². The van der Waals surface area contributed by atoms with Gasteiger partial charge >= 0.3 is 0 Å². The predicted octanol–water partition coefficient (Wildman–Crippen LogP) is 4.27. The fourth-order valence-electron chi connectivity index (χ4n) is 5.36. The summed E-state index contributed by atoms with van der Waals surface area (Å²) in [5.41, 5.74) is 4.79. The number of carbonyl (C=O) groups excluding carboxylic acids is 2. The minimum atomic E-state index is -0.993. The summed E-state index contributed by atoms with van der Waals surface area (Å²) in [7, 11) is 0. The maximum absolute atomic E-state index is 13.5. The molecule has 8 nitrogen and oxygen atoms in total. The summed E-state index contributed by atoms with van der Waals surface area (Å²) >= 11 is 1.68. The van der Waals surface area contributed by atoms with Gasteiger partial charge < -0.3 is 10.2 Å². The van der Waals surface area contributed by atoms with Crippen LogP contribution >= 0.6 is 11.3 Å². The number of nitrogens with zero attached hydrogens (tertiary/aromatic N) is 4. The van der Waals surface area contributed by atoms with Crippen molar-refractivity contribution >= 4 is 45.3 Å². The van der Waals surface area contributed by atoms with Gasteiger partial charge in [0.05, 0.1) is 12.1 Å². The average molecular weight is 537 g/mol. The number of likely N-dealkylation sites (tertiary alicyclic amines) is 1. The zero-order chi connectivity index (χ0) is 26.8. The molecule has 196 valence electrons. The van der Waals surface area contributed by atoms with E-state index in [1.807, 2.05) is 40.1 Å². The lowest BCUT2D eigenvalue weighted by molar-refractivity contribution is -0.132. The van der Waals surface area contributed by atoms with Crippen molar-refractivity contribution in [1.82, 2.24) is 25.0 Å². The molecule has 3 aromatic heterocycles. The van der Waals surface area contributed by atoms with Gasteiger partial charge in [-0.3, -0.25) is 24.6 Å². The highest BCUT2D eigenvalue weighted by atomic mass is 32.1. The largest absolute Gasteiger partial charge is 0.338 e. The number of thiophene rings is 1. The van der Waals surface area contributed by atoms with Crippen LogP contribution in [0.2, 0.25) is 0 Å². The van der Waals surface area contributed by atoms with Crippen LogP contribution in [0.25, 0.3) is 27.7 Å². The highest BCUT2D eigenvalue weighted by molar-refractivity contribution is 7.08. The van der Waals surface area contributed by atoms with Gasteiger partial charge in [0.25, 0.3) is 0 Å². The number of aromatic amines is 1. The van der Waals surface area contributed by atoms with E-state index in [1.165, 1.54) is 11.1 Å². The first-order chi connectivity index (χ1) is 19.0. The molecule has 0 spiro atoms. The number of nitrogens with one attached hydrogen (secondary N) is 2. The Morgan fingerprint density at radius 3 is 2.77 bits per heavy atom. The van der Waals surface area contributed by atoms with Gasteiger partial charge in [-0.1, -0.05) is 12.0 Å². The van der Waals surface area contributed by atoms with Gasteiger partial charge in [-0.2, -0.15) is 16.4 Å². The van der Waals surface area contributed by atoms with Crippen LogP contribution in [0.4, 0.5) is 5.69 Å². The van der Waals surface area contributed by atoms with Crippen LogP contribution in [-0.2, 0) is 9.59 Å². The number of anilines is 1. The van der Waals surface area contributed by atoms with Crippen molar-refractivity contribution in [2.75, 3.05) is 38.0 Å². The first-order valence-corrected chi connectivity index (χ1v) is 13.9. The molecule has 1 fully saturated rings.